The molecule has 3 nitrogen and oxygen atoms in total. The van der Waals surface area contributed by atoms with Gasteiger partial charge in [-0.15, -0.1) is 0 Å². The van der Waals surface area contributed by atoms with Crippen LogP contribution in [-0.2, 0) is 0 Å². The van der Waals surface area contributed by atoms with Gasteiger partial charge in [-0.1, -0.05) is 32.9 Å². The summed E-state index contributed by atoms with van der Waals surface area (Å²) in [5.74, 6) is 0. The van der Waals surface area contributed by atoms with Gasteiger partial charge in [0, 0.05) is 18.0 Å². The molecule has 14 heavy (non-hydrogen) atoms. The molecule has 78 valence electrons. The van der Waals surface area contributed by atoms with Crippen LogP contribution in [0.25, 0.3) is 6.08 Å². The number of methoxy groups -OCH3 is 1. The van der Waals surface area contributed by atoms with Gasteiger partial charge >= 0.3 is 6.01 Å². The third-order valence-electron chi connectivity index (χ3n) is 1.38. The molecule has 0 N–H and O–H groups in total. The maximum atomic E-state index is 4.83. The molecule has 3 heteroatoms. The van der Waals surface area contributed by atoms with E-state index in [-0.39, 0.29) is 0 Å². The summed E-state index contributed by atoms with van der Waals surface area (Å²) in [4.78, 5) is 7.93. The van der Waals surface area contributed by atoms with E-state index in [0.717, 1.165) is 12.0 Å². The Kier molecular flexibility index (Phi) is 7.42. The first kappa shape index (κ1) is 12.6. The Morgan fingerprint density at radius 1 is 1.29 bits per heavy atom. The van der Waals surface area contributed by atoms with Gasteiger partial charge in [-0.3, -0.25) is 0 Å². The molecule has 0 bridgehead atoms. The van der Waals surface area contributed by atoms with Crippen LogP contribution in [0.15, 0.2) is 18.5 Å². The second-order valence-electron chi connectivity index (χ2n) is 2.31. The molecule has 0 aliphatic rings. The molecule has 1 heterocycles. The van der Waals surface area contributed by atoms with E-state index in [9.17, 15) is 0 Å². The lowest BCUT2D eigenvalue weighted by Gasteiger charge is -1.95. The standard InChI is InChI=1S/C9H12N2O.C2H6/c1-3-4-5-8-6-10-9(12-2)11-7-8;1-2/h4-7H,3H2,1-2H3;1-2H3/b5-4+;. The van der Waals surface area contributed by atoms with E-state index in [1.807, 2.05) is 19.9 Å². The molecule has 0 saturated carbocycles. The Balaban J connectivity index is 0.000000791. The SMILES string of the molecule is CC.CC/C=C/c1cnc(OC)nc1. The van der Waals surface area contributed by atoms with Gasteiger partial charge < -0.3 is 4.74 Å². The van der Waals surface area contributed by atoms with Crippen molar-refractivity contribution in [3.05, 3.63) is 24.0 Å². The van der Waals surface area contributed by atoms with Crippen LogP contribution >= 0.6 is 0 Å². The van der Waals surface area contributed by atoms with Gasteiger partial charge in [0.1, 0.15) is 0 Å². The van der Waals surface area contributed by atoms with Crippen LogP contribution in [-0.4, -0.2) is 17.1 Å². The maximum absolute atomic E-state index is 4.83. The maximum Gasteiger partial charge on any atom is 0.316 e. The topological polar surface area (TPSA) is 35.0 Å². The number of nitrogens with zero attached hydrogens (tertiary/aromatic N) is 2. The molecule has 0 spiro atoms. The molecule has 0 aliphatic heterocycles. The minimum absolute atomic E-state index is 0.406. The lowest BCUT2D eigenvalue weighted by Crippen LogP contribution is -1.90. The van der Waals surface area contributed by atoms with Crippen LogP contribution in [0.1, 0.15) is 32.8 Å². The fraction of sp³-hybridized carbons (Fsp3) is 0.455. The molecule has 0 aromatic carbocycles. The minimum atomic E-state index is 0.406. The van der Waals surface area contributed by atoms with Gasteiger partial charge in [-0.25, -0.2) is 9.97 Å². The third kappa shape index (κ3) is 4.60. The summed E-state index contributed by atoms with van der Waals surface area (Å²) in [5, 5.41) is 0. The van der Waals surface area contributed by atoms with Crippen molar-refractivity contribution in [2.45, 2.75) is 27.2 Å². The smallest absolute Gasteiger partial charge is 0.316 e. The minimum Gasteiger partial charge on any atom is -0.467 e. The van der Waals surface area contributed by atoms with Crippen LogP contribution in [0.5, 0.6) is 6.01 Å². The summed E-state index contributed by atoms with van der Waals surface area (Å²) < 4.78 is 4.83. The zero-order valence-corrected chi connectivity index (χ0v) is 9.32. The van der Waals surface area contributed by atoms with E-state index in [2.05, 4.69) is 23.0 Å². The van der Waals surface area contributed by atoms with Crippen molar-refractivity contribution in [3.8, 4) is 6.01 Å². The summed E-state index contributed by atoms with van der Waals surface area (Å²) in [6.07, 6.45) is 8.53. The van der Waals surface area contributed by atoms with Crippen LogP contribution in [0.4, 0.5) is 0 Å². The first-order valence-electron chi connectivity index (χ1n) is 4.89. The molecule has 0 atom stereocenters. The summed E-state index contributed by atoms with van der Waals surface area (Å²) in [7, 11) is 1.55. The number of rotatable bonds is 3. The van der Waals surface area contributed by atoms with E-state index in [0.29, 0.717) is 6.01 Å². The first-order valence-corrected chi connectivity index (χ1v) is 4.89. The number of hydrogen-bond acceptors (Lipinski definition) is 3. The average molecular weight is 194 g/mol. The zero-order chi connectivity index (χ0) is 10.8. The number of ether oxygens (including phenoxy) is 1. The van der Waals surface area contributed by atoms with E-state index in [1.165, 1.54) is 0 Å². The van der Waals surface area contributed by atoms with Crippen molar-refractivity contribution in [1.29, 1.82) is 0 Å². The van der Waals surface area contributed by atoms with E-state index in [4.69, 9.17) is 4.74 Å². The largest absolute Gasteiger partial charge is 0.467 e. The summed E-state index contributed by atoms with van der Waals surface area (Å²) in [6, 6.07) is 0.406. The highest BCUT2D eigenvalue weighted by Gasteiger charge is 1.91. The Morgan fingerprint density at radius 3 is 2.29 bits per heavy atom. The molecule has 0 aliphatic carbocycles. The second kappa shape index (κ2) is 8.23. The van der Waals surface area contributed by atoms with Crippen LogP contribution in [0, 0.1) is 0 Å². The fourth-order valence-electron chi connectivity index (χ4n) is 0.772. The predicted octanol–water partition coefficient (Wildman–Crippen LogP) is 2.93. The summed E-state index contributed by atoms with van der Waals surface area (Å²) >= 11 is 0. The number of hydrogen-bond donors (Lipinski definition) is 0. The third-order valence-corrected chi connectivity index (χ3v) is 1.38. The molecule has 0 unspecified atom stereocenters. The monoisotopic (exact) mass is 194 g/mol. The number of aromatic nitrogens is 2. The predicted molar refractivity (Wildman–Crippen MR) is 59.3 cm³/mol. The molecular formula is C11H18N2O. The molecule has 1 aromatic heterocycles. The lowest BCUT2D eigenvalue weighted by atomic mass is 10.3. The van der Waals surface area contributed by atoms with Crippen LogP contribution < -0.4 is 4.74 Å². The van der Waals surface area contributed by atoms with Crippen molar-refractivity contribution < 1.29 is 4.74 Å². The van der Waals surface area contributed by atoms with Crippen molar-refractivity contribution in [1.82, 2.24) is 9.97 Å². The van der Waals surface area contributed by atoms with Crippen molar-refractivity contribution in [2.75, 3.05) is 7.11 Å². The Morgan fingerprint density at radius 2 is 1.86 bits per heavy atom. The van der Waals surface area contributed by atoms with Crippen molar-refractivity contribution in [2.24, 2.45) is 0 Å². The van der Waals surface area contributed by atoms with Crippen LogP contribution in [0.2, 0.25) is 0 Å². The molecular weight excluding hydrogens is 176 g/mol. The Labute approximate surface area is 85.9 Å². The van der Waals surface area contributed by atoms with Crippen molar-refractivity contribution >= 4 is 6.08 Å². The second-order valence-corrected chi connectivity index (χ2v) is 2.31. The first-order chi connectivity index (χ1) is 6.86. The molecule has 0 fully saturated rings. The Bertz CT molecular complexity index is 254. The highest BCUT2D eigenvalue weighted by molar-refractivity contribution is 5.46. The molecule has 1 aromatic rings. The van der Waals surface area contributed by atoms with Gasteiger partial charge in [-0.05, 0) is 6.42 Å². The van der Waals surface area contributed by atoms with Crippen molar-refractivity contribution in [3.63, 3.8) is 0 Å². The molecule has 0 radical (unpaired) electrons. The molecule has 1 rings (SSSR count). The highest BCUT2D eigenvalue weighted by atomic mass is 16.5. The van der Waals surface area contributed by atoms with E-state index in [1.54, 1.807) is 19.5 Å². The zero-order valence-electron chi connectivity index (χ0n) is 9.32. The quantitative estimate of drug-likeness (QED) is 0.742. The van der Waals surface area contributed by atoms with Gasteiger partial charge in [0.2, 0.25) is 0 Å². The molecule has 0 amide bonds. The van der Waals surface area contributed by atoms with Gasteiger partial charge in [0.15, 0.2) is 0 Å². The summed E-state index contributed by atoms with van der Waals surface area (Å²) in [6.45, 7) is 6.08. The van der Waals surface area contributed by atoms with Gasteiger partial charge in [-0.2, -0.15) is 0 Å². The average Bonchev–Trinajstić information content (AvgIpc) is 2.30. The van der Waals surface area contributed by atoms with E-state index >= 15 is 0 Å². The highest BCUT2D eigenvalue weighted by Crippen LogP contribution is 2.03. The lowest BCUT2D eigenvalue weighted by molar-refractivity contribution is 0.379. The molecule has 0 saturated heterocycles. The number of allylic oxidation sites excluding steroid dienone is 1. The van der Waals surface area contributed by atoms with Crippen LogP contribution in [0.3, 0.4) is 0 Å². The van der Waals surface area contributed by atoms with E-state index < -0.39 is 0 Å². The Hall–Kier alpha value is -1.38. The summed E-state index contributed by atoms with van der Waals surface area (Å²) in [5.41, 5.74) is 0.998. The normalized spacial score (nSPS) is 9.43. The van der Waals surface area contributed by atoms with Gasteiger partial charge in [0.25, 0.3) is 0 Å². The van der Waals surface area contributed by atoms with Gasteiger partial charge in [0.05, 0.1) is 7.11 Å². The fourth-order valence-corrected chi connectivity index (χ4v) is 0.772.